The lowest BCUT2D eigenvalue weighted by Crippen LogP contribution is -2.48. The van der Waals surface area contributed by atoms with E-state index in [-0.39, 0.29) is 6.04 Å². The number of rotatable bonds is 2. The Hall–Kier alpha value is -1.27. The van der Waals surface area contributed by atoms with Gasteiger partial charge in [-0.3, -0.25) is 0 Å². The largest absolute Gasteiger partial charge is 0.391 e. The molecule has 0 bridgehead atoms. The van der Waals surface area contributed by atoms with Gasteiger partial charge in [0, 0.05) is 18.6 Å². The number of alkyl halides is 3. The maximum Gasteiger partial charge on any atom is 0.391 e. The third-order valence-corrected chi connectivity index (χ3v) is 4.94. The highest BCUT2D eigenvalue weighted by Gasteiger charge is 2.38. The molecule has 1 fully saturated rings. The minimum atomic E-state index is -4.16. The van der Waals surface area contributed by atoms with Crippen molar-refractivity contribution in [3.63, 3.8) is 0 Å². The van der Waals surface area contributed by atoms with E-state index in [0.717, 1.165) is 22.2 Å². The summed E-state index contributed by atoms with van der Waals surface area (Å²) in [4.78, 5) is 1.90. The van der Waals surface area contributed by atoms with Crippen molar-refractivity contribution in [3.05, 3.63) is 29.6 Å². The van der Waals surface area contributed by atoms with Crippen molar-refractivity contribution in [2.24, 2.45) is 5.73 Å². The van der Waals surface area contributed by atoms with Crippen molar-refractivity contribution >= 4 is 27.1 Å². The second kappa shape index (κ2) is 5.50. The molecule has 1 saturated heterocycles. The number of hydrogen-bond acceptors (Lipinski definition) is 3. The molecule has 0 spiro atoms. The Bertz CT molecular complexity index is 623. The van der Waals surface area contributed by atoms with Crippen molar-refractivity contribution in [2.45, 2.75) is 37.5 Å². The number of fused-ring (bicyclic) bond motifs is 1. The molecule has 1 aromatic heterocycles. The van der Waals surface area contributed by atoms with Crippen LogP contribution >= 0.6 is 11.3 Å². The lowest BCUT2D eigenvalue weighted by atomic mass is 9.94. The molecule has 1 aliphatic rings. The summed E-state index contributed by atoms with van der Waals surface area (Å²) in [5.74, 6) is 0. The van der Waals surface area contributed by atoms with E-state index in [2.05, 4.69) is 0 Å². The summed E-state index contributed by atoms with van der Waals surface area (Å²) in [5, 5.41) is 3.06. The van der Waals surface area contributed by atoms with Gasteiger partial charge in [-0.25, -0.2) is 0 Å². The van der Waals surface area contributed by atoms with Crippen LogP contribution in [0.25, 0.3) is 10.1 Å². The van der Waals surface area contributed by atoms with Crippen LogP contribution in [-0.2, 0) is 0 Å². The third kappa shape index (κ3) is 3.16. The van der Waals surface area contributed by atoms with Crippen LogP contribution in [-0.4, -0.2) is 24.8 Å². The molecular weight excluding hydrogens is 297 g/mol. The summed E-state index contributed by atoms with van der Waals surface area (Å²) in [6.45, 7) is 0.582. The van der Waals surface area contributed by atoms with Gasteiger partial charge in [0.25, 0.3) is 0 Å². The van der Waals surface area contributed by atoms with Crippen molar-refractivity contribution in [1.82, 2.24) is 0 Å². The van der Waals surface area contributed by atoms with E-state index >= 15 is 0 Å². The second-order valence-electron chi connectivity index (χ2n) is 5.57. The normalized spacial score (nSPS) is 23.7. The van der Waals surface area contributed by atoms with Gasteiger partial charge in [0.15, 0.2) is 0 Å². The molecule has 2 N–H and O–H groups in total. The zero-order valence-electron chi connectivity index (χ0n) is 11.4. The number of piperidine rings is 1. The Balaban J connectivity index is 1.95. The van der Waals surface area contributed by atoms with Gasteiger partial charge in [-0.2, -0.15) is 13.2 Å². The summed E-state index contributed by atoms with van der Waals surface area (Å²) in [5.41, 5.74) is 6.79. The van der Waals surface area contributed by atoms with Crippen LogP contribution in [0.4, 0.5) is 18.9 Å². The lowest BCUT2D eigenvalue weighted by molar-refractivity contribution is -0.139. The van der Waals surface area contributed by atoms with Gasteiger partial charge < -0.3 is 10.6 Å². The topological polar surface area (TPSA) is 29.3 Å². The Labute approximate surface area is 125 Å². The van der Waals surface area contributed by atoms with Crippen LogP contribution in [0.1, 0.15) is 19.3 Å². The van der Waals surface area contributed by atoms with Gasteiger partial charge in [-0.1, -0.05) is 12.1 Å². The summed E-state index contributed by atoms with van der Waals surface area (Å²) < 4.78 is 39.6. The zero-order valence-corrected chi connectivity index (χ0v) is 12.3. The predicted octanol–water partition coefficient (Wildman–Crippen LogP) is 4.15. The van der Waals surface area contributed by atoms with Crippen LogP contribution in [0.3, 0.4) is 0 Å². The van der Waals surface area contributed by atoms with Gasteiger partial charge in [0.2, 0.25) is 0 Å². The molecule has 21 heavy (non-hydrogen) atoms. The Morgan fingerprint density at radius 2 is 2.10 bits per heavy atom. The summed E-state index contributed by atoms with van der Waals surface area (Å²) in [6.07, 6.45) is -3.84. The summed E-state index contributed by atoms with van der Waals surface area (Å²) in [6, 6.07) is 7.10. The summed E-state index contributed by atoms with van der Waals surface area (Å²) >= 11 is 1.57. The van der Waals surface area contributed by atoms with E-state index < -0.39 is 18.6 Å². The van der Waals surface area contributed by atoms with E-state index in [9.17, 15) is 13.2 Å². The predicted molar refractivity (Wildman–Crippen MR) is 80.8 cm³/mol. The van der Waals surface area contributed by atoms with Crippen LogP contribution in [0.5, 0.6) is 0 Å². The van der Waals surface area contributed by atoms with Gasteiger partial charge in [0.05, 0.1) is 16.8 Å². The van der Waals surface area contributed by atoms with Gasteiger partial charge in [0.1, 0.15) is 0 Å². The molecule has 2 aromatic rings. The van der Waals surface area contributed by atoms with Crippen LogP contribution in [0.15, 0.2) is 29.6 Å². The fraction of sp³-hybridized carbons (Fsp3) is 0.467. The van der Waals surface area contributed by atoms with E-state index in [4.69, 9.17) is 5.73 Å². The average Bonchev–Trinajstić information content (AvgIpc) is 2.85. The number of thiophene rings is 1. The first-order chi connectivity index (χ1) is 9.94. The molecule has 6 heteroatoms. The molecule has 3 rings (SSSR count). The number of anilines is 1. The number of nitrogens with two attached hydrogens (primary N) is 1. The molecule has 0 amide bonds. The molecule has 1 aromatic carbocycles. The minimum absolute atomic E-state index is 0.142. The molecule has 0 radical (unpaired) electrons. The molecule has 2 unspecified atom stereocenters. The lowest BCUT2D eigenvalue weighted by Gasteiger charge is -2.40. The Morgan fingerprint density at radius 1 is 1.29 bits per heavy atom. The first kappa shape index (κ1) is 14.7. The maximum absolute atomic E-state index is 12.8. The monoisotopic (exact) mass is 314 g/mol. The number of benzene rings is 1. The highest BCUT2D eigenvalue weighted by Crippen LogP contribution is 2.37. The highest BCUT2D eigenvalue weighted by molar-refractivity contribution is 7.17. The molecule has 1 aliphatic heterocycles. The van der Waals surface area contributed by atoms with Gasteiger partial charge in [-0.15, -0.1) is 11.3 Å². The van der Waals surface area contributed by atoms with Crippen molar-refractivity contribution < 1.29 is 13.2 Å². The number of hydrogen-bond donors (Lipinski definition) is 1. The van der Waals surface area contributed by atoms with Crippen LogP contribution < -0.4 is 10.6 Å². The SMILES string of the molecule is NC1CCN(c2cccc3ccsc23)C(CC(F)(F)F)C1. The van der Waals surface area contributed by atoms with Crippen molar-refractivity contribution in [1.29, 1.82) is 0 Å². The molecular formula is C15H17F3N2S. The van der Waals surface area contributed by atoms with Crippen LogP contribution in [0, 0.1) is 0 Å². The van der Waals surface area contributed by atoms with Gasteiger partial charge >= 0.3 is 6.18 Å². The van der Waals surface area contributed by atoms with Crippen LogP contribution in [0.2, 0.25) is 0 Å². The maximum atomic E-state index is 12.8. The summed E-state index contributed by atoms with van der Waals surface area (Å²) in [7, 11) is 0. The van der Waals surface area contributed by atoms with Crippen molar-refractivity contribution in [2.75, 3.05) is 11.4 Å². The van der Waals surface area contributed by atoms with E-state index in [1.54, 1.807) is 11.3 Å². The fourth-order valence-corrected chi connectivity index (χ4v) is 3.99. The fourth-order valence-electron chi connectivity index (χ4n) is 3.06. The first-order valence-electron chi connectivity index (χ1n) is 6.99. The average molecular weight is 314 g/mol. The molecule has 114 valence electrons. The standard InChI is InChI=1S/C15H17F3N2S/c16-15(17,18)9-12-8-11(19)4-6-20(12)13-3-1-2-10-5-7-21-14(10)13/h1-3,5,7,11-12H,4,6,8-9,19H2. The minimum Gasteiger partial charge on any atom is -0.367 e. The number of halogens is 3. The molecule has 0 aliphatic carbocycles. The molecule has 2 atom stereocenters. The first-order valence-corrected chi connectivity index (χ1v) is 7.87. The smallest absolute Gasteiger partial charge is 0.367 e. The second-order valence-corrected chi connectivity index (χ2v) is 6.48. The Morgan fingerprint density at radius 3 is 2.86 bits per heavy atom. The molecule has 0 saturated carbocycles. The number of nitrogens with zero attached hydrogens (tertiary/aromatic N) is 1. The third-order valence-electron chi connectivity index (χ3n) is 3.99. The zero-order chi connectivity index (χ0) is 15.0. The molecule has 2 nitrogen and oxygen atoms in total. The van der Waals surface area contributed by atoms with E-state index in [0.29, 0.717) is 13.0 Å². The molecule has 2 heterocycles. The van der Waals surface area contributed by atoms with E-state index in [1.807, 2.05) is 34.5 Å². The van der Waals surface area contributed by atoms with E-state index in [1.165, 1.54) is 0 Å². The Kier molecular flexibility index (Phi) is 3.84. The highest BCUT2D eigenvalue weighted by atomic mass is 32.1. The van der Waals surface area contributed by atoms with Crippen molar-refractivity contribution in [3.8, 4) is 0 Å². The quantitative estimate of drug-likeness (QED) is 0.902. The van der Waals surface area contributed by atoms with Gasteiger partial charge in [-0.05, 0) is 35.7 Å².